The molecule has 6 nitrogen and oxygen atoms in total. The van der Waals surface area contributed by atoms with E-state index in [1.807, 2.05) is 4.57 Å². The zero-order valence-electron chi connectivity index (χ0n) is 15.8. The number of fused-ring (bicyclic) bond motifs is 1. The molecule has 0 N–H and O–H groups in total. The molecule has 0 spiro atoms. The van der Waals surface area contributed by atoms with Crippen molar-refractivity contribution in [1.82, 2.24) is 9.55 Å². The van der Waals surface area contributed by atoms with Crippen LogP contribution in [-0.2, 0) is 28.1 Å². The second-order valence-electron chi connectivity index (χ2n) is 6.84. The summed E-state index contributed by atoms with van der Waals surface area (Å²) in [5, 5.41) is 9.20. The van der Waals surface area contributed by atoms with Crippen molar-refractivity contribution in [2.75, 3.05) is 7.11 Å². The van der Waals surface area contributed by atoms with Gasteiger partial charge in [0.25, 0.3) is 0 Å². The van der Waals surface area contributed by atoms with Gasteiger partial charge in [0.2, 0.25) is 0 Å². The van der Waals surface area contributed by atoms with E-state index in [1.165, 1.54) is 19.2 Å². The van der Waals surface area contributed by atoms with Crippen LogP contribution in [0.25, 0.3) is 0 Å². The Bertz CT molecular complexity index is 1100. The molecule has 1 unspecified atom stereocenters. The topological polar surface area (TPSA) is 77.1 Å². The highest BCUT2D eigenvalue weighted by molar-refractivity contribution is 5.85. The molecular formula is C22H18FN3O3. The maximum Gasteiger partial charge on any atom is 0.337 e. The van der Waals surface area contributed by atoms with Gasteiger partial charge in [0.15, 0.2) is 5.54 Å². The zero-order valence-corrected chi connectivity index (χ0v) is 15.8. The predicted molar refractivity (Wildman–Crippen MR) is 102 cm³/mol. The fourth-order valence-corrected chi connectivity index (χ4v) is 3.81. The molecule has 1 aliphatic rings. The lowest BCUT2D eigenvalue weighted by molar-refractivity contribution is -0.153. The van der Waals surface area contributed by atoms with Gasteiger partial charge >= 0.3 is 5.97 Å². The summed E-state index contributed by atoms with van der Waals surface area (Å²) in [7, 11) is 1.50. The van der Waals surface area contributed by atoms with E-state index in [0.717, 1.165) is 5.69 Å². The number of aromatic nitrogens is 2. The van der Waals surface area contributed by atoms with E-state index in [2.05, 4.69) is 11.1 Å². The van der Waals surface area contributed by atoms with Gasteiger partial charge in [-0.2, -0.15) is 5.26 Å². The van der Waals surface area contributed by atoms with E-state index >= 15 is 0 Å². The normalized spacial score (nSPS) is 17.4. The van der Waals surface area contributed by atoms with Crippen LogP contribution in [0.5, 0.6) is 5.75 Å². The van der Waals surface area contributed by atoms with E-state index in [1.54, 1.807) is 42.9 Å². The molecule has 1 aliphatic heterocycles. The summed E-state index contributed by atoms with van der Waals surface area (Å²) in [6.07, 6.45) is 4.47. The highest BCUT2D eigenvalue weighted by Crippen LogP contribution is 2.43. The van der Waals surface area contributed by atoms with Gasteiger partial charge in [-0.3, -0.25) is 0 Å². The van der Waals surface area contributed by atoms with Crippen LogP contribution in [0, 0.1) is 17.1 Å². The van der Waals surface area contributed by atoms with Crippen molar-refractivity contribution >= 4 is 5.97 Å². The number of nitriles is 1. The Balaban J connectivity index is 1.74. The minimum atomic E-state index is -1.15. The number of aryl methyl sites for hydroxylation is 1. The number of hydrogen-bond acceptors (Lipinski definition) is 5. The molecule has 0 bridgehead atoms. The molecule has 0 aliphatic carbocycles. The van der Waals surface area contributed by atoms with Crippen LogP contribution < -0.4 is 4.74 Å². The van der Waals surface area contributed by atoms with Crippen LogP contribution >= 0.6 is 0 Å². The Labute approximate surface area is 167 Å². The number of benzene rings is 2. The van der Waals surface area contributed by atoms with Gasteiger partial charge in [0.1, 0.15) is 18.2 Å². The molecule has 146 valence electrons. The molecular weight excluding hydrogens is 373 g/mol. The number of carbonyl (C=O) groups excluding carboxylic acids is 1. The second kappa shape index (κ2) is 7.40. The van der Waals surface area contributed by atoms with Crippen LogP contribution in [0.15, 0.2) is 55.0 Å². The molecule has 3 aromatic rings. The number of ether oxygens (including phenoxy) is 2. The van der Waals surface area contributed by atoms with Crippen LogP contribution in [0.1, 0.15) is 28.8 Å². The van der Waals surface area contributed by atoms with Crippen LogP contribution in [0.4, 0.5) is 4.39 Å². The lowest BCUT2D eigenvalue weighted by atomic mass is 9.86. The molecule has 1 aromatic heterocycles. The first-order valence-corrected chi connectivity index (χ1v) is 9.10. The van der Waals surface area contributed by atoms with Crippen molar-refractivity contribution in [2.45, 2.75) is 25.0 Å². The molecule has 0 saturated heterocycles. The van der Waals surface area contributed by atoms with E-state index in [-0.39, 0.29) is 12.4 Å². The number of methoxy groups -OCH3 is 1. The molecule has 1 atom stereocenters. The first-order valence-electron chi connectivity index (χ1n) is 9.10. The third-order valence-electron chi connectivity index (χ3n) is 5.27. The Morgan fingerprint density at radius 1 is 1.31 bits per heavy atom. The van der Waals surface area contributed by atoms with Crippen molar-refractivity contribution in [3.8, 4) is 11.8 Å². The SMILES string of the molecule is COc1cc(C#N)ccc1C1(C(=O)OCc2ccc(F)cc2)CCc2cncn21. The summed E-state index contributed by atoms with van der Waals surface area (Å²) < 4.78 is 26.1. The second-order valence-corrected chi connectivity index (χ2v) is 6.84. The molecule has 2 heterocycles. The monoisotopic (exact) mass is 391 g/mol. The first kappa shape index (κ1) is 18.7. The third-order valence-corrected chi connectivity index (χ3v) is 5.27. The van der Waals surface area contributed by atoms with Crippen molar-refractivity contribution in [3.63, 3.8) is 0 Å². The van der Waals surface area contributed by atoms with Crippen molar-refractivity contribution in [1.29, 1.82) is 5.26 Å². The standard InChI is InChI=1S/C22H18FN3O3/c1-28-20-10-16(11-24)4-7-19(20)22(9-8-18-12-25-14-26(18)22)21(27)29-13-15-2-5-17(23)6-3-15/h2-7,10,12,14H,8-9,13H2,1H3. The van der Waals surface area contributed by atoms with Crippen LogP contribution in [0.3, 0.4) is 0 Å². The van der Waals surface area contributed by atoms with Gasteiger partial charge in [0.05, 0.1) is 25.1 Å². The van der Waals surface area contributed by atoms with E-state index < -0.39 is 11.5 Å². The smallest absolute Gasteiger partial charge is 0.337 e. The van der Waals surface area contributed by atoms with Gasteiger partial charge in [-0.1, -0.05) is 18.2 Å². The number of rotatable bonds is 5. The summed E-state index contributed by atoms with van der Waals surface area (Å²) in [6.45, 7) is 0.0173. The summed E-state index contributed by atoms with van der Waals surface area (Å²) >= 11 is 0. The molecule has 29 heavy (non-hydrogen) atoms. The van der Waals surface area contributed by atoms with Gasteiger partial charge in [-0.25, -0.2) is 14.2 Å². The Morgan fingerprint density at radius 2 is 2.10 bits per heavy atom. The van der Waals surface area contributed by atoms with E-state index in [4.69, 9.17) is 9.47 Å². The van der Waals surface area contributed by atoms with Gasteiger partial charge in [-0.15, -0.1) is 0 Å². The van der Waals surface area contributed by atoms with Crippen molar-refractivity contribution < 1.29 is 18.7 Å². The van der Waals surface area contributed by atoms with Crippen molar-refractivity contribution in [3.05, 3.63) is 83.2 Å². The summed E-state index contributed by atoms with van der Waals surface area (Å²) in [5.41, 5.74) is 1.50. The fraction of sp³-hybridized carbons (Fsp3) is 0.227. The average molecular weight is 391 g/mol. The Morgan fingerprint density at radius 3 is 2.83 bits per heavy atom. The molecule has 0 amide bonds. The molecule has 0 fully saturated rings. The molecule has 0 saturated carbocycles. The average Bonchev–Trinajstić information content (AvgIpc) is 3.36. The molecule has 4 rings (SSSR count). The minimum absolute atomic E-state index is 0.0173. The van der Waals surface area contributed by atoms with E-state index in [9.17, 15) is 14.4 Å². The molecule has 2 aromatic carbocycles. The number of carbonyl (C=O) groups is 1. The van der Waals surface area contributed by atoms with Gasteiger partial charge in [0, 0.05) is 17.5 Å². The zero-order chi connectivity index (χ0) is 20.4. The Hall–Kier alpha value is -3.66. The van der Waals surface area contributed by atoms with Crippen LogP contribution in [-0.4, -0.2) is 22.6 Å². The lowest BCUT2D eigenvalue weighted by Crippen LogP contribution is -2.42. The van der Waals surface area contributed by atoms with Crippen LogP contribution in [0.2, 0.25) is 0 Å². The van der Waals surface area contributed by atoms with Crippen molar-refractivity contribution in [2.24, 2.45) is 0 Å². The summed E-state index contributed by atoms with van der Waals surface area (Å²) in [5.74, 6) is -0.372. The third kappa shape index (κ3) is 3.13. The Kier molecular flexibility index (Phi) is 4.77. The molecule has 7 heteroatoms. The number of hydrogen-bond donors (Lipinski definition) is 0. The summed E-state index contributed by atoms with van der Waals surface area (Å²) in [4.78, 5) is 17.6. The number of esters is 1. The molecule has 0 radical (unpaired) electrons. The lowest BCUT2D eigenvalue weighted by Gasteiger charge is -2.31. The first-order chi connectivity index (χ1) is 14.1. The maximum atomic E-state index is 13.4. The van der Waals surface area contributed by atoms with Gasteiger partial charge < -0.3 is 14.0 Å². The highest BCUT2D eigenvalue weighted by Gasteiger charge is 2.50. The predicted octanol–water partition coefficient (Wildman–Crippen LogP) is 3.34. The number of halogens is 1. The highest BCUT2D eigenvalue weighted by atomic mass is 19.1. The van der Waals surface area contributed by atoms with Gasteiger partial charge in [-0.05, 0) is 42.7 Å². The fourth-order valence-electron chi connectivity index (χ4n) is 3.81. The summed E-state index contributed by atoms with van der Waals surface area (Å²) in [6, 6.07) is 12.9. The minimum Gasteiger partial charge on any atom is -0.496 e. The maximum absolute atomic E-state index is 13.4. The number of nitrogens with zero attached hydrogens (tertiary/aromatic N) is 3. The number of imidazole rings is 1. The largest absolute Gasteiger partial charge is 0.496 e. The quantitative estimate of drug-likeness (QED) is 0.624. The van der Waals surface area contributed by atoms with E-state index in [0.29, 0.717) is 35.3 Å².